The van der Waals surface area contributed by atoms with Crippen molar-refractivity contribution >= 4 is 23.7 Å². The molecular weight excluding hydrogens is 358 g/mol. The van der Waals surface area contributed by atoms with Gasteiger partial charge in [0, 0.05) is 20.1 Å². The summed E-state index contributed by atoms with van der Waals surface area (Å²) in [6.45, 7) is 2.08. The van der Waals surface area contributed by atoms with E-state index in [0.717, 1.165) is 10.9 Å². The zero-order valence-electron chi connectivity index (χ0n) is 15.7. The molecule has 1 saturated carbocycles. The molecule has 0 unspecified atom stereocenters. The Balaban J connectivity index is 1.64. The third kappa shape index (κ3) is 3.75. The van der Waals surface area contributed by atoms with Crippen molar-refractivity contribution < 1.29 is 0 Å². The molecule has 2 heterocycles. The SMILES string of the molecule is C[C@H](Sc1ncc(-c2ccccc2)n1C1CC1)c1nc(N)nc(N(C)C)n1. The van der Waals surface area contributed by atoms with E-state index in [2.05, 4.69) is 50.7 Å². The highest BCUT2D eigenvalue weighted by Gasteiger charge is 2.30. The molecule has 7 nitrogen and oxygen atoms in total. The van der Waals surface area contributed by atoms with Gasteiger partial charge in [-0.1, -0.05) is 42.1 Å². The van der Waals surface area contributed by atoms with E-state index in [4.69, 9.17) is 10.7 Å². The van der Waals surface area contributed by atoms with E-state index in [1.807, 2.05) is 31.3 Å². The van der Waals surface area contributed by atoms with Gasteiger partial charge in [-0.15, -0.1) is 0 Å². The van der Waals surface area contributed by atoms with Crippen LogP contribution in [0.25, 0.3) is 11.3 Å². The van der Waals surface area contributed by atoms with Crippen molar-refractivity contribution in [3.8, 4) is 11.3 Å². The van der Waals surface area contributed by atoms with Crippen LogP contribution in [0.1, 0.15) is 36.9 Å². The highest BCUT2D eigenvalue weighted by Crippen LogP contribution is 2.44. The molecule has 1 atom stereocenters. The van der Waals surface area contributed by atoms with Gasteiger partial charge < -0.3 is 15.2 Å². The molecule has 8 heteroatoms. The molecule has 1 aliphatic carbocycles. The normalized spacial score (nSPS) is 14.9. The van der Waals surface area contributed by atoms with Crippen molar-refractivity contribution in [2.75, 3.05) is 24.7 Å². The second-order valence-electron chi connectivity index (χ2n) is 6.90. The molecule has 0 amide bonds. The van der Waals surface area contributed by atoms with Crippen molar-refractivity contribution in [3.63, 3.8) is 0 Å². The number of imidazole rings is 1. The summed E-state index contributed by atoms with van der Waals surface area (Å²) >= 11 is 1.66. The largest absolute Gasteiger partial charge is 0.368 e. The zero-order valence-corrected chi connectivity index (χ0v) is 16.5. The van der Waals surface area contributed by atoms with Gasteiger partial charge in [0.05, 0.1) is 17.1 Å². The molecule has 4 rings (SSSR count). The predicted octanol–water partition coefficient (Wildman–Crippen LogP) is 3.57. The van der Waals surface area contributed by atoms with E-state index < -0.39 is 0 Å². The molecule has 0 spiro atoms. The van der Waals surface area contributed by atoms with Crippen LogP contribution in [-0.4, -0.2) is 38.6 Å². The summed E-state index contributed by atoms with van der Waals surface area (Å²) in [6, 6.07) is 10.9. The maximum absolute atomic E-state index is 5.88. The number of nitrogen functional groups attached to an aromatic ring is 1. The Labute approximate surface area is 163 Å². The molecule has 3 aromatic rings. The number of aromatic nitrogens is 5. The monoisotopic (exact) mass is 381 g/mol. The van der Waals surface area contributed by atoms with E-state index in [-0.39, 0.29) is 11.2 Å². The quantitative estimate of drug-likeness (QED) is 0.653. The minimum atomic E-state index is 0.0116. The summed E-state index contributed by atoms with van der Waals surface area (Å²) in [5.74, 6) is 1.48. The van der Waals surface area contributed by atoms with Gasteiger partial charge in [0.2, 0.25) is 11.9 Å². The Bertz CT molecular complexity index is 934. The first-order valence-corrected chi connectivity index (χ1v) is 9.89. The number of nitrogens with two attached hydrogens (primary N) is 1. The van der Waals surface area contributed by atoms with Crippen LogP contribution >= 0.6 is 11.8 Å². The Morgan fingerprint density at radius 3 is 2.56 bits per heavy atom. The second kappa shape index (κ2) is 7.19. The lowest BCUT2D eigenvalue weighted by atomic mass is 10.2. The molecule has 27 heavy (non-hydrogen) atoms. The number of hydrogen-bond donors (Lipinski definition) is 1. The lowest BCUT2D eigenvalue weighted by Crippen LogP contribution is -2.16. The molecule has 0 saturated heterocycles. The van der Waals surface area contributed by atoms with Crippen LogP contribution < -0.4 is 10.6 Å². The van der Waals surface area contributed by atoms with E-state index in [1.165, 1.54) is 18.4 Å². The maximum Gasteiger partial charge on any atom is 0.229 e. The van der Waals surface area contributed by atoms with Crippen molar-refractivity contribution in [2.24, 2.45) is 0 Å². The van der Waals surface area contributed by atoms with Gasteiger partial charge in [-0.05, 0) is 25.3 Å². The number of benzene rings is 1. The van der Waals surface area contributed by atoms with Crippen molar-refractivity contribution in [2.45, 2.75) is 36.2 Å². The van der Waals surface area contributed by atoms with E-state index >= 15 is 0 Å². The third-order valence-electron chi connectivity index (χ3n) is 4.45. The van der Waals surface area contributed by atoms with Gasteiger partial charge in [-0.2, -0.15) is 15.0 Å². The van der Waals surface area contributed by atoms with Crippen molar-refractivity contribution in [3.05, 3.63) is 42.4 Å². The first-order chi connectivity index (χ1) is 13.0. The van der Waals surface area contributed by atoms with Crippen LogP contribution in [0.3, 0.4) is 0 Å². The Kier molecular flexibility index (Phi) is 4.73. The number of anilines is 2. The Morgan fingerprint density at radius 1 is 1.15 bits per heavy atom. The Morgan fingerprint density at radius 2 is 1.89 bits per heavy atom. The first-order valence-electron chi connectivity index (χ1n) is 9.01. The number of rotatable bonds is 6. The van der Waals surface area contributed by atoms with Gasteiger partial charge >= 0.3 is 0 Å². The lowest BCUT2D eigenvalue weighted by molar-refractivity contribution is 0.667. The van der Waals surface area contributed by atoms with Crippen molar-refractivity contribution in [1.82, 2.24) is 24.5 Å². The highest BCUT2D eigenvalue weighted by atomic mass is 32.2. The van der Waals surface area contributed by atoms with Gasteiger partial charge in [-0.3, -0.25) is 0 Å². The molecule has 0 aliphatic heterocycles. The van der Waals surface area contributed by atoms with Crippen LogP contribution in [0.4, 0.5) is 11.9 Å². The van der Waals surface area contributed by atoms with Gasteiger partial charge in [0.15, 0.2) is 5.16 Å². The maximum atomic E-state index is 5.88. The zero-order chi connectivity index (χ0) is 19.0. The molecule has 140 valence electrons. The average molecular weight is 382 g/mol. The highest BCUT2D eigenvalue weighted by molar-refractivity contribution is 7.99. The fraction of sp³-hybridized carbons (Fsp3) is 0.368. The molecule has 0 radical (unpaired) electrons. The standard InChI is InChI=1S/C19H23N7S/c1-12(16-22-17(20)24-18(23-16)25(2)3)27-19-21-11-15(26(19)14-9-10-14)13-7-5-4-6-8-13/h4-8,11-12,14H,9-10H2,1-3H3,(H2,20,22,23,24)/t12-/m0/s1. The molecule has 1 aromatic carbocycles. The third-order valence-corrected chi connectivity index (χ3v) is 5.53. The summed E-state index contributed by atoms with van der Waals surface area (Å²) in [5, 5.41) is 1.01. The fourth-order valence-electron chi connectivity index (χ4n) is 2.93. The topological polar surface area (TPSA) is 85.8 Å². The van der Waals surface area contributed by atoms with Crippen LogP contribution in [0.5, 0.6) is 0 Å². The van der Waals surface area contributed by atoms with Gasteiger partial charge in [0.1, 0.15) is 5.82 Å². The smallest absolute Gasteiger partial charge is 0.229 e. The number of thioether (sulfide) groups is 1. The van der Waals surface area contributed by atoms with E-state index in [0.29, 0.717) is 17.8 Å². The van der Waals surface area contributed by atoms with Crippen LogP contribution in [-0.2, 0) is 0 Å². The lowest BCUT2D eigenvalue weighted by Gasteiger charge is -2.16. The summed E-state index contributed by atoms with van der Waals surface area (Å²) in [5.41, 5.74) is 8.23. The fourth-order valence-corrected chi connectivity index (χ4v) is 3.93. The molecule has 1 aliphatic rings. The van der Waals surface area contributed by atoms with Crippen LogP contribution in [0.15, 0.2) is 41.7 Å². The summed E-state index contributed by atoms with van der Waals surface area (Å²) in [4.78, 5) is 19.6. The summed E-state index contributed by atoms with van der Waals surface area (Å²) in [7, 11) is 3.78. The van der Waals surface area contributed by atoms with E-state index in [9.17, 15) is 0 Å². The van der Waals surface area contributed by atoms with Crippen LogP contribution in [0, 0.1) is 0 Å². The van der Waals surface area contributed by atoms with Gasteiger partial charge in [0.25, 0.3) is 0 Å². The summed E-state index contributed by atoms with van der Waals surface area (Å²) < 4.78 is 2.36. The van der Waals surface area contributed by atoms with Crippen LogP contribution in [0.2, 0.25) is 0 Å². The predicted molar refractivity (Wildman–Crippen MR) is 109 cm³/mol. The number of nitrogens with zero attached hydrogens (tertiary/aromatic N) is 6. The minimum absolute atomic E-state index is 0.0116. The second-order valence-corrected chi connectivity index (χ2v) is 8.21. The average Bonchev–Trinajstić information content (AvgIpc) is 3.42. The molecule has 2 aromatic heterocycles. The first kappa shape index (κ1) is 17.8. The van der Waals surface area contributed by atoms with Gasteiger partial charge in [-0.25, -0.2) is 4.98 Å². The van der Waals surface area contributed by atoms with Crippen molar-refractivity contribution in [1.29, 1.82) is 0 Å². The number of hydrogen-bond acceptors (Lipinski definition) is 7. The molecule has 2 N–H and O–H groups in total. The van der Waals surface area contributed by atoms with E-state index in [1.54, 1.807) is 11.8 Å². The summed E-state index contributed by atoms with van der Waals surface area (Å²) in [6.07, 6.45) is 4.36. The molecule has 1 fully saturated rings. The minimum Gasteiger partial charge on any atom is -0.368 e. The molecular formula is C19H23N7S. The molecule has 0 bridgehead atoms. The Hall–Kier alpha value is -2.61.